The fourth-order valence-corrected chi connectivity index (χ4v) is 3.12. The third-order valence-electron chi connectivity index (χ3n) is 3.99. The Labute approximate surface area is 148 Å². The lowest BCUT2D eigenvalue weighted by molar-refractivity contribution is 0.890. The van der Waals surface area contributed by atoms with E-state index >= 15 is 0 Å². The van der Waals surface area contributed by atoms with Gasteiger partial charge in [-0.2, -0.15) is 5.10 Å². The molecule has 0 atom stereocenters. The fraction of sp³-hybridized carbons (Fsp3) is 0.105. The zero-order valence-electron chi connectivity index (χ0n) is 13.1. The van der Waals surface area contributed by atoms with Crippen molar-refractivity contribution in [1.29, 1.82) is 0 Å². The van der Waals surface area contributed by atoms with E-state index in [2.05, 4.69) is 45.0 Å². The van der Waals surface area contributed by atoms with Crippen LogP contribution in [0.2, 0.25) is 0 Å². The first kappa shape index (κ1) is 15.0. The van der Waals surface area contributed by atoms with Crippen LogP contribution < -0.4 is 0 Å². The normalized spacial score (nSPS) is 11.1. The highest BCUT2D eigenvalue weighted by molar-refractivity contribution is 9.10. The largest absolute Gasteiger partial charge is 0.255 e. The zero-order chi connectivity index (χ0) is 16.5. The average Bonchev–Trinajstić information content (AvgIpc) is 3.02. The van der Waals surface area contributed by atoms with Crippen molar-refractivity contribution in [2.75, 3.05) is 0 Å². The molecule has 0 saturated heterocycles. The second-order valence-corrected chi connectivity index (χ2v) is 6.38. The van der Waals surface area contributed by atoms with Gasteiger partial charge in [0.2, 0.25) is 0 Å². The Hall–Kier alpha value is -2.53. The third kappa shape index (κ3) is 2.51. The predicted molar refractivity (Wildman–Crippen MR) is 98.7 cm³/mol. The summed E-state index contributed by atoms with van der Waals surface area (Å²) in [5.41, 5.74) is 5.93. The van der Waals surface area contributed by atoms with Crippen LogP contribution in [-0.2, 0) is 6.42 Å². The highest BCUT2D eigenvalue weighted by Crippen LogP contribution is 2.31. The number of rotatable bonds is 3. The van der Waals surface area contributed by atoms with E-state index in [4.69, 9.17) is 5.10 Å². The van der Waals surface area contributed by atoms with E-state index in [0.717, 1.165) is 44.7 Å². The van der Waals surface area contributed by atoms with Crippen LogP contribution in [0, 0.1) is 0 Å². The fourth-order valence-electron chi connectivity index (χ4n) is 2.86. The van der Waals surface area contributed by atoms with Crippen LogP contribution in [-0.4, -0.2) is 19.6 Å². The number of aryl methyl sites for hydroxylation is 1. The summed E-state index contributed by atoms with van der Waals surface area (Å²) in [5.74, 6) is 0. The third-order valence-corrected chi connectivity index (χ3v) is 4.51. The van der Waals surface area contributed by atoms with Gasteiger partial charge in [-0.1, -0.05) is 41.1 Å². The number of nitrogens with zero attached hydrogens (tertiary/aromatic N) is 4. The molecule has 0 spiro atoms. The van der Waals surface area contributed by atoms with E-state index in [1.54, 1.807) is 6.20 Å². The standard InChI is InChI=1S/C19H15BrN4/c1-2-15-18(13-6-8-14(20)9-7-13)19-22-12-10-17(24(19)23-15)16-5-3-4-11-21-16/h3-12H,2H2,1H3. The van der Waals surface area contributed by atoms with Crippen LogP contribution in [0.5, 0.6) is 0 Å². The van der Waals surface area contributed by atoms with Gasteiger partial charge in [-0.3, -0.25) is 4.98 Å². The monoisotopic (exact) mass is 378 g/mol. The molecule has 24 heavy (non-hydrogen) atoms. The summed E-state index contributed by atoms with van der Waals surface area (Å²) in [6.07, 6.45) is 4.46. The quantitative estimate of drug-likeness (QED) is 0.514. The van der Waals surface area contributed by atoms with Gasteiger partial charge in [-0.15, -0.1) is 0 Å². The van der Waals surface area contributed by atoms with E-state index in [-0.39, 0.29) is 0 Å². The van der Waals surface area contributed by atoms with Gasteiger partial charge < -0.3 is 0 Å². The molecule has 0 amide bonds. The average molecular weight is 379 g/mol. The molecule has 0 unspecified atom stereocenters. The van der Waals surface area contributed by atoms with Crippen LogP contribution in [0.4, 0.5) is 0 Å². The van der Waals surface area contributed by atoms with E-state index in [1.807, 2.05) is 47.1 Å². The maximum atomic E-state index is 4.81. The van der Waals surface area contributed by atoms with Crippen molar-refractivity contribution in [1.82, 2.24) is 19.6 Å². The summed E-state index contributed by atoms with van der Waals surface area (Å²) in [5, 5.41) is 4.81. The van der Waals surface area contributed by atoms with Crippen molar-refractivity contribution < 1.29 is 0 Å². The van der Waals surface area contributed by atoms with Crippen molar-refractivity contribution in [3.05, 3.63) is 71.1 Å². The van der Waals surface area contributed by atoms with E-state index < -0.39 is 0 Å². The molecule has 3 heterocycles. The molecule has 0 N–H and O–H groups in total. The molecule has 4 aromatic rings. The predicted octanol–water partition coefficient (Wildman–Crippen LogP) is 4.78. The van der Waals surface area contributed by atoms with Gasteiger partial charge in [-0.25, -0.2) is 9.50 Å². The molecule has 1 aromatic carbocycles. The van der Waals surface area contributed by atoms with Crippen LogP contribution in [0.3, 0.4) is 0 Å². The van der Waals surface area contributed by atoms with Crippen molar-refractivity contribution in [3.8, 4) is 22.5 Å². The van der Waals surface area contributed by atoms with Gasteiger partial charge in [-0.05, 0) is 42.3 Å². The molecule has 0 aliphatic rings. The maximum Gasteiger partial charge on any atom is 0.163 e. The number of benzene rings is 1. The molecular formula is C19H15BrN4. The van der Waals surface area contributed by atoms with Crippen LogP contribution in [0.1, 0.15) is 12.6 Å². The number of halogens is 1. The first-order chi connectivity index (χ1) is 11.8. The van der Waals surface area contributed by atoms with Gasteiger partial charge in [0, 0.05) is 22.4 Å². The first-order valence-corrected chi connectivity index (χ1v) is 8.61. The molecular weight excluding hydrogens is 364 g/mol. The van der Waals surface area contributed by atoms with E-state index in [9.17, 15) is 0 Å². The Morgan fingerprint density at radius 2 is 1.79 bits per heavy atom. The van der Waals surface area contributed by atoms with Crippen molar-refractivity contribution in [3.63, 3.8) is 0 Å². The summed E-state index contributed by atoms with van der Waals surface area (Å²) in [4.78, 5) is 9.05. The minimum absolute atomic E-state index is 0.844. The molecule has 0 saturated carbocycles. The van der Waals surface area contributed by atoms with Crippen LogP contribution in [0.25, 0.3) is 28.2 Å². The Morgan fingerprint density at radius 1 is 0.958 bits per heavy atom. The van der Waals surface area contributed by atoms with Gasteiger partial charge in [0.05, 0.1) is 17.1 Å². The number of hydrogen-bond acceptors (Lipinski definition) is 3. The minimum Gasteiger partial charge on any atom is -0.255 e. The summed E-state index contributed by atoms with van der Waals surface area (Å²) >= 11 is 3.49. The molecule has 118 valence electrons. The first-order valence-electron chi connectivity index (χ1n) is 7.82. The van der Waals surface area contributed by atoms with Gasteiger partial charge in [0.15, 0.2) is 5.65 Å². The molecule has 0 aliphatic carbocycles. The molecule has 0 fully saturated rings. The second-order valence-electron chi connectivity index (χ2n) is 5.46. The van der Waals surface area contributed by atoms with Crippen molar-refractivity contribution in [2.45, 2.75) is 13.3 Å². The van der Waals surface area contributed by atoms with Gasteiger partial charge >= 0.3 is 0 Å². The molecule has 4 rings (SSSR count). The second kappa shape index (κ2) is 6.17. The Balaban J connectivity index is 2.00. The van der Waals surface area contributed by atoms with Crippen LogP contribution in [0.15, 0.2) is 65.4 Å². The lowest BCUT2D eigenvalue weighted by atomic mass is 10.0. The number of aromatic nitrogens is 4. The van der Waals surface area contributed by atoms with Crippen molar-refractivity contribution >= 4 is 21.6 Å². The topological polar surface area (TPSA) is 43.1 Å². The Bertz CT molecular complexity index is 991. The molecule has 0 aliphatic heterocycles. The highest BCUT2D eigenvalue weighted by Gasteiger charge is 2.17. The molecule has 0 radical (unpaired) electrons. The Kier molecular flexibility index (Phi) is 3.86. The van der Waals surface area contributed by atoms with Crippen molar-refractivity contribution in [2.24, 2.45) is 0 Å². The summed E-state index contributed by atoms with van der Waals surface area (Å²) in [7, 11) is 0. The van der Waals surface area contributed by atoms with Crippen LogP contribution >= 0.6 is 15.9 Å². The molecule has 0 bridgehead atoms. The molecule has 4 nitrogen and oxygen atoms in total. The number of fused-ring (bicyclic) bond motifs is 1. The molecule has 5 heteroatoms. The lowest BCUT2D eigenvalue weighted by Crippen LogP contribution is -1.97. The maximum absolute atomic E-state index is 4.81. The van der Waals surface area contributed by atoms with E-state index in [1.165, 1.54) is 0 Å². The SMILES string of the molecule is CCc1nn2c(-c3ccccn3)ccnc2c1-c1ccc(Br)cc1. The van der Waals surface area contributed by atoms with E-state index in [0.29, 0.717) is 0 Å². The zero-order valence-corrected chi connectivity index (χ0v) is 14.7. The summed E-state index contributed by atoms with van der Waals surface area (Å²) in [6.45, 7) is 2.12. The highest BCUT2D eigenvalue weighted by atomic mass is 79.9. The number of pyridine rings is 1. The van der Waals surface area contributed by atoms with Gasteiger partial charge in [0.1, 0.15) is 0 Å². The Morgan fingerprint density at radius 3 is 2.50 bits per heavy atom. The summed E-state index contributed by atoms with van der Waals surface area (Å²) in [6, 6.07) is 16.1. The molecule has 3 aromatic heterocycles. The smallest absolute Gasteiger partial charge is 0.163 e. The minimum atomic E-state index is 0.844. The number of hydrogen-bond donors (Lipinski definition) is 0. The summed E-state index contributed by atoms with van der Waals surface area (Å²) < 4.78 is 2.96. The van der Waals surface area contributed by atoms with Gasteiger partial charge in [0.25, 0.3) is 0 Å². The lowest BCUT2D eigenvalue weighted by Gasteiger charge is -2.04.